The van der Waals surface area contributed by atoms with Crippen LogP contribution >= 0.6 is 24.2 Å². The van der Waals surface area contributed by atoms with Crippen LogP contribution in [0.25, 0.3) is 0 Å². The van der Waals surface area contributed by atoms with Gasteiger partial charge in [0.2, 0.25) is 0 Å². The summed E-state index contributed by atoms with van der Waals surface area (Å²) in [5, 5.41) is 4.04. The Morgan fingerprint density at radius 3 is 2.94 bits per heavy atom. The molecule has 4 nitrogen and oxygen atoms in total. The first-order valence-electron chi connectivity index (χ1n) is 5.38. The van der Waals surface area contributed by atoms with Crippen LogP contribution in [0, 0.1) is 0 Å². The third-order valence-electron chi connectivity index (χ3n) is 2.76. The van der Waals surface area contributed by atoms with E-state index in [1.807, 2.05) is 24.1 Å². The van der Waals surface area contributed by atoms with Gasteiger partial charge in [0.15, 0.2) is 10.9 Å². The number of thioether (sulfide) groups is 1. The molecule has 2 heterocycles. The predicted molar refractivity (Wildman–Crippen MR) is 71.1 cm³/mol. The Bertz CT molecular complexity index is 383. The van der Waals surface area contributed by atoms with Gasteiger partial charge in [-0.3, -0.25) is 4.79 Å². The molecule has 0 unspecified atom stereocenters. The van der Waals surface area contributed by atoms with Gasteiger partial charge in [0.05, 0.1) is 0 Å². The number of carbonyl (C=O) groups is 1. The summed E-state index contributed by atoms with van der Waals surface area (Å²) in [4.78, 5) is 14.0. The Morgan fingerprint density at radius 1 is 1.59 bits per heavy atom. The fourth-order valence-corrected chi connectivity index (χ4v) is 2.21. The fourth-order valence-electron chi connectivity index (χ4n) is 1.83. The largest absolute Gasteiger partial charge is 0.445 e. The Kier molecular flexibility index (Phi) is 5.36. The molecule has 1 aromatic heterocycles. The summed E-state index contributed by atoms with van der Waals surface area (Å²) >= 11 is 1.50. The highest BCUT2D eigenvalue weighted by Crippen LogP contribution is 2.20. The van der Waals surface area contributed by atoms with Crippen molar-refractivity contribution in [1.82, 2.24) is 10.2 Å². The first kappa shape index (κ1) is 14.4. The van der Waals surface area contributed by atoms with Crippen molar-refractivity contribution in [3.8, 4) is 0 Å². The summed E-state index contributed by atoms with van der Waals surface area (Å²) in [6.45, 7) is 4.49. The Labute approximate surface area is 112 Å². The van der Waals surface area contributed by atoms with Crippen molar-refractivity contribution in [2.45, 2.75) is 18.1 Å². The van der Waals surface area contributed by atoms with Crippen LogP contribution in [0.15, 0.2) is 21.6 Å². The minimum absolute atomic E-state index is 0. The summed E-state index contributed by atoms with van der Waals surface area (Å²) in [5.41, 5.74) is 0. The van der Waals surface area contributed by atoms with E-state index in [1.165, 1.54) is 11.8 Å². The van der Waals surface area contributed by atoms with Gasteiger partial charge in [0.1, 0.15) is 0 Å². The molecule has 1 aromatic rings. The van der Waals surface area contributed by atoms with E-state index in [-0.39, 0.29) is 24.4 Å². The van der Waals surface area contributed by atoms with Gasteiger partial charge < -0.3 is 14.6 Å². The van der Waals surface area contributed by atoms with Crippen LogP contribution in [0.5, 0.6) is 0 Å². The molecule has 0 spiro atoms. The summed E-state index contributed by atoms with van der Waals surface area (Å²) < 4.78 is 5.45. The maximum absolute atomic E-state index is 12.1. The molecule has 1 aliphatic rings. The number of amides is 1. The summed E-state index contributed by atoms with van der Waals surface area (Å²) in [7, 11) is 0. The van der Waals surface area contributed by atoms with Gasteiger partial charge in [0, 0.05) is 25.7 Å². The van der Waals surface area contributed by atoms with E-state index in [4.69, 9.17) is 4.42 Å². The van der Waals surface area contributed by atoms with E-state index in [1.54, 1.807) is 6.07 Å². The summed E-state index contributed by atoms with van der Waals surface area (Å²) in [5.74, 6) is 0.437. The number of hydrogen-bond donors (Lipinski definition) is 1. The average Bonchev–Trinajstić information content (AvgIpc) is 2.77. The lowest BCUT2D eigenvalue weighted by atomic mass is 10.2. The number of furan rings is 1. The highest BCUT2D eigenvalue weighted by atomic mass is 35.5. The van der Waals surface area contributed by atoms with Gasteiger partial charge in [-0.15, -0.1) is 12.4 Å². The number of halogens is 1. The normalized spacial score (nSPS) is 19.9. The zero-order valence-electron chi connectivity index (χ0n) is 9.93. The molecular formula is C11H17ClN2O2S. The molecule has 2 rings (SSSR count). The molecule has 96 valence electrons. The second-order valence-electron chi connectivity index (χ2n) is 3.87. The van der Waals surface area contributed by atoms with Crippen LogP contribution in [0.1, 0.15) is 17.5 Å². The van der Waals surface area contributed by atoms with Crippen molar-refractivity contribution in [2.24, 2.45) is 0 Å². The molecule has 1 aliphatic heterocycles. The molecule has 0 saturated carbocycles. The van der Waals surface area contributed by atoms with E-state index < -0.39 is 0 Å². The van der Waals surface area contributed by atoms with E-state index in [0.29, 0.717) is 5.76 Å². The number of hydrogen-bond acceptors (Lipinski definition) is 4. The van der Waals surface area contributed by atoms with Gasteiger partial charge in [-0.1, -0.05) is 11.8 Å². The van der Waals surface area contributed by atoms with Gasteiger partial charge in [-0.25, -0.2) is 0 Å². The molecule has 1 N–H and O–H groups in total. The lowest BCUT2D eigenvalue weighted by molar-refractivity contribution is 0.0618. The van der Waals surface area contributed by atoms with Crippen LogP contribution in [0.2, 0.25) is 0 Å². The van der Waals surface area contributed by atoms with Gasteiger partial charge in [-0.05, 0) is 25.3 Å². The van der Waals surface area contributed by atoms with Gasteiger partial charge in [-0.2, -0.15) is 0 Å². The van der Waals surface area contributed by atoms with Crippen molar-refractivity contribution in [2.75, 3.05) is 25.9 Å². The SMILES string of the molecule is CSc1ccc(C(=O)N2CCNC[C@@H]2C)o1.Cl. The van der Waals surface area contributed by atoms with E-state index in [0.717, 1.165) is 24.7 Å². The monoisotopic (exact) mass is 276 g/mol. The second kappa shape index (κ2) is 6.33. The Morgan fingerprint density at radius 2 is 2.35 bits per heavy atom. The first-order valence-corrected chi connectivity index (χ1v) is 6.60. The van der Waals surface area contributed by atoms with Crippen molar-refractivity contribution < 1.29 is 9.21 Å². The quantitative estimate of drug-likeness (QED) is 0.838. The van der Waals surface area contributed by atoms with Gasteiger partial charge in [0.25, 0.3) is 5.91 Å². The molecule has 1 amide bonds. The molecule has 1 atom stereocenters. The topological polar surface area (TPSA) is 45.5 Å². The number of nitrogens with one attached hydrogen (secondary N) is 1. The number of rotatable bonds is 2. The second-order valence-corrected chi connectivity index (χ2v) is 4.69. The number of piperazine rings is 1. The third kappa shape index (κ3) is 3.18. The van der Waals surface area contributed by atoms with Crippen LogP contribution in [0.3, 0.4) is 0 Å². The van der Waals surface area contributed by atoms with E-state index >= 15 is 0 Å². The van der Waals surface area contributed by atoms with Crippen LogP contribution in [0.4, 0.5) is 0 Å². The Balaban J connectivity index is 0.00000144. The third-order valence-corrected chi connectivity index (χ3v) is 3.38. The minimum atomic E-state index is -0.00528. The highest BCUT2D eigenvalue weighted by Gasteiger charge is 2.25. The molecule has 0 aromatic carbocycles. The van der Waals surface area contributed by atoms with Crippen LogP contribution in [-0.4, -0.2) is 42.7 Å². The zero-order chi connectivity index (χ0) is 11.5. The number of nitrogens with zero attached hydrogens (tertiary/aromatic N) is 1. The molecule has 6 heteroatoms. The van der Waals surface area contributed by atoms with Gasteiger partial charge >= 0.3 is 0 Å². The maximum Gasteiger partial charge on any atom is 0.289 e. The smallest absolute Gasteiger partial charge is 0.289 e. The lowest BCUT2D eigenvalue weighted by Gasteiger charge is -2.33. The van der Waals surface area contributed by atoms with Crippen LogP contribution in [-0.2, 0) is 0 Å². The Hall–Kier alpha value is -0.650. The van der Waals surface area contributed by atoms with Crippen molar-refractivity contribution in [3.05, 3.63) is 17.9 Å². The highest BCUT2D eigenvalue weighted by molar-refractivity contribution is 7.98. The van der Waals surface area contributed by atoms with Crippen molar-refractivity contribution in [1.29, 1.82) is 0 Å². The standard InChI is InChI=1S/C11H16N2O2S.ClH/c1-8-7-12-5-6-13(8)11(14)9-3-4-10(15-9)16-2;/h3-4,8,12H,5-7H2,1-2H3;1H/t8-;/m0./s1. The minimum Gasteiger partial charge on any atom is -0.445 e. The van der Waals surface area contributed by atoms with E-state index in [2.05, 4.69) is 5.32 Å². The van der Waals surface area contributed by atoms with Crippen molar-refractivity contribution in [3.63, 3.8) is 0 Å². The molecule has 0 radical (unpaired) electrons. The lowest BCUT2D eigenvalue weighted by Crippen LogP contribution is -2.52. The first-order chi connectivity index (χ1) is 7.72. The molecule has 0 aliphatic carbocycles. The average molecular weight is 277 g/mol. The fraction of sp³-hybridized carbons (Fsp3) is 0.545. The van der Waals surface area contributed by atoms with Crippen LogP contribution < -0.4 is 5.32 Å². The van der Waals surface area contributed by atoms with Crippen molar-refractivity contribution >= 4 is 30.1 Å². The summed E-state index contributed by atoms with van der Waals surface area (Å²) in [6.07, 6.45) is 1.93. The summed E-state index contributed by atoms with van der Waals surface area (Å²) in [6, 6.07) is 3.82. The zero-order valence-corrected chi connectivity index (χ0v) is 11.6. The maximum atomic E-state index is 12.1. The molecule has 17 heavy (non-hydrogen) atoms. The molecular weight excluding hydrogens is 260 g/mol. The molecule has 0 bridgehead atoms. The van der Waals surface area contributed by atoms with E-state index in [9.17, 15) is 4.79 Å². The molecule has 1 fully saturated rings. The number of carbonyl (C=O) groups excluding carboxylic acids is 1. The molecule has 1 saturated heterocycles. The predicted octanol–water partition coefficient (Wildman–Crippen LogP) is 1.86.